The van der Waals surface area contributed by atoms with Gasteiger partial charge in [0.1, 0.15) is 11.5 Å². The van der Waals surface area contributed by atoms with Gasteiger partial charge in [-0.1, -0.05) is 0 Å². The number of aromatic hydroxyl groups is 2. The number of aliphatic carboxylic acids is 1. The molecule has 74 valence electrons. The van der Waals surface area contributed by atoms with Crippen molar-refractivity contribution >= 4 is 12.0 Å². The van der Waals surface area contributed by atoms with E-state index >= 15 is 0 Å². The van der Waals surface area contributed by atoms with Gasteiger partial charge in [-0.15, -0.1) is 0 Å². The van der Waals surface area contributed by atoms with Crippen molar-refractivity contribution in [2.75, 3.05) is 0 Å². The molecular weight excluding hydrogens is 184 g/mol. The van der Waals surface area contributed by atoms with E-state index in [1.54, 1.807) is 6.92 Å². The molecule has 1 aromatic rings. The summed E-state index contributed by atoms with van der Waals surface area (Å²) >= 11 is 0. The zero-order valence-electron chi connectivity index (χ0n) is 7.56. The van der Waals surface area contributed by atoms with Gasteiger partial charge in [0.2, 0.25) is 0 Å². The van der Waals surface area contributed by atoms with Gasteiger partial charge in [-0.3, -0.25) is 0 Å². The third-order valence-electron chi connectivity index (χ3n) is 1.67. The van der Waals surface area contributed by atoms with E-state index in [2.05, 4.69) is 0 Å². The van der Waals surface area contributed by atoms with E-state index in [0.29, 0.717) is 5.56 Å². The molecule has 0 aliphatic heterocycles. The first-order valence-electron chi connectivity index (χ1n) is 3.94. The van der Waals surface area contributed by atoms with Gasteiger partial charge in [0.25, 0.3) is 0 Å². The van der Waals surface area contributed by atoms with Crippen LogP contribution in [0, 0.1) is 6.92 Å². The Morgan fingerprint density at radius 2 is 1.79 bits per heavy atom. The van der Waals surface area contributed by atoms with E-state index in [0.717, 1.165) is 12.2 Å². The minimum Gasteiger partial charge on any atom is -0.507 e. The summed E-state index contributed by atoms with van der Waals surface area (Å²) in [6, 6.07) is 2.89. The molecule has 0 aromatic heterocycles. The van der Waals surface area contributed by atoms with Crippen LogP contribution in [0.3, 0.4) is 0 Å². The summed E-state index contributed by atoms with van der Waals surface area (Å²) in [7, 11) is 0. The first kappa shape index (κ1) is 10.1. The number of hydrogen-bond donors (Lipinski definition) is 3. The maximum absolute atomic E-state index is 10.2. The number of carbonyl (C=O) groups is 1. The number of carboxylic acid groups (broad SMARTS) is 1. The number of hydrogen-bond acceptors (Lipinski definition) is 3. The molecule has 0 aliphatic rings. The summed E-state index contributed by atoms with van der Waals surface area (Å²) in [5.41, 5.74) is 0.811. The molecule has 0 aliphatic carbocycles. The average Bonchev–Trinajstić information content (AvgIpc) is 2.01. The van der Waals surface area contributed by atoms with Gasteiger partial charge >= 0.3 is 5.97 Å². The molecule has 0 bridgehead atoms. The normalized spacial score (nSPS) is 10.6. The van der Waals surface area contributed by atoms with Crippen LogP contribution in [0.1, 0.15) is 11.1 Å². The second-order valence-electron chi connectivity index (χ2n) is 2.89. The largest absolute Gasteiger partial charge is 0.507 e. The third kappa shape index (κ3) is 2.26. The predicted octanol–water partition coefficient (Wildman–Crippen LogP) is 1.50. The summed E-state index contributed by atoms with van der Waals surface area (Å²) in [6.07, 6.45) is 2.00. The Kier molecular flexibility index (Phi) is 2.76. The second-order valence-corrected chi connectivity index (χ2v) is 2.89. The van der Waals surface area contributed by atoms with Gasteiger partial charge in [0, 0.05) is 6.08 Å². The lowest BCUT2D eigenvalue weighted by atomic mass is 10.1. The summed E-state index contributed by atoms with van der Waals surface area (Å²) in [6.45, 7) is 1.71. The molecule has 0 spiro atoms. The molecular formula is C10H10O4. The van der Waals surface area contributed by atoms with Crippen LogP contribution in [-0.2, 0) is 4.79 Å². The molecule has 4 nitrogen and oxygen atoms in total. The number of carboxylic acids is 1. The van der Waals surface area contributed by atoms with E-state index in [1.807, 2.05) is 0 Å². The summed E-state index contributed by atoms with van der Waals surface area (Å²) < 4.78 is 0. The van der Waals surface area contributed by atoms with Crippen molar-refractivity contribution in [1.29, 1.82) is 0 Å². The zero-order valence-corrected chi connectivity index (χ0v) is 7.56. The summed E-state index contributed by atoms with van der Waals surface area (Å²) in [4.78, 5) is 10.2. The fourth-order valence-corrected chi connectivity index (χ4v) is 1.09. The molecule has 0 fully saturated rings. The van der Waals surface area contributed by atoms with Crippen LogP contribution < -0.4 is 0 Å². The first-order chi connectivity index (χ1) is 6.50. The maximum Gasteiger partial charge on any atom is 0.328 e. The van der Waals surface area contributed by atoms with Gasteiger partial charge < -0.3 is 15.3 Å². The summed E-state index contributed by atoms with van der Waals surface area (Å²) in [5.74, 6) is -1.41. The Morgan fingerprint density at radius 3 is 2.21 bits per heavy atom. The first-order valence-corrected chi connectivity index (χ1v) is 3.94. The number of phenols is 2. The highest BCUT2D eigenvalue weighted by Gasteiger charge is 2.05. The quantitative estimate of drug-likeness (QED) is 0.623. The Hall–Kier alpha value is -1.97. The van der Waals surface area contributed by atoms with E-state index < -0.39 is 5.97 Å². The van der Waals surface area contributed by atoms with Crippen molar-refractivity contribution in [3.63, 3.8) is 0 Å². The lowest BCUT2D eigenvalue weighted by Gasteiger charge is -2.03. The fraction of sp³-hybridized carbons (Fsp3) is 0.100. The zero-order chi connectivity index (χ0) is 10.7. The number of aryl methyl sites for hydroxylation is 1. The lowest BCUT2D eigenvalue weighted by molar-refractivity contribution is -0.131. The van der Waals surface area contributed by atoms with Gasteiger partial charge in [0.15, 0.2) is 0 Å². The SMILES string of the molecule is Cc1cc(O)c(C=CC(=O)O)c(O)c1. The van der Waals surface area contributed by atoms with Gasteiger partial charge in [-0.2, -0.15) is 0 Å². The monoisotopic (exact) mass is 194 g/mol. The van der Waals surface area contributed by atoms with Crippen molar-refractivity contribution < 1.29 is 20.1 Å². The Morgan fingerprint density at radius 1 is 1.29 bits per heavy atom. The molecule has 0 unspecified atom stereocenters. The molecule has 1 rings (SSSR count). The summed E-state index contributed by atoms with van der Waals surface area (Å²) in [5, 5.41) is 27.1. The molecule has 3 N–H and O–H groups in total. The number of rotatable bonds is 2. The van der Waals surface area contributed by atoms with Crippen molar-refractivity contribution in [2.24, 2.45) is 0 Å². The topological polar surface area (TPSA) is 77.8 Å². The van der Waals surface area contributed by atoms with Gasteiger partial charge in [0.05, 0.1) is 5.56 Å². The Labute approximate surface area is 80.7 Å². The van der Waals surface area contributed by atoms with Gasteiger partial charge in [-0.25, -0.2) is 4.79 Å². The Bertz CT molecular complexity index is 370. The molecule has 0 atom stereocenters. The lowest BCUT2D eigenvalue weighted by Crippen LogP contribution is -1.86. The van der Waals surface area contributed by atoms with Crippen molar-refractivity contribution in [3.8, 4) is 11.5 Å². The molecule has 14 heavy (non-hydrogen) atoms. The van der Waals surface area contributed by atoms with Crippen molar-refractivity contribution in [1.82, 2.24) is 0 Å². The maximum atomic E-state index is 10.2. The number of benzene rings is 1. The van der Waals surface area contributed by atoms with E-state index in [1.165, 1.54) is 12.1 Å². The standard InChI is InChI=1S/C10H10O4/c1-6-4-8(11)7(9(12)5-6)2-3-10(13)14/h2-5,11-12H,1H3,(H,13,14). The van der Waals surface area contributed by atoms with Crippen LogP contribution in [-0.4, -0.2) is 21.3 Å². The molecule has 0 heterocycles. The highest BCUT2D eigenvalue weighted by Crippen LogP contribution is 2.29. The fourth-order valence-electron chi connectivity index (χ4n) is 1.09. The molecule has 0 saturated heterocycles. The third-order valence-corrected chi connectivity index (χ3v) is 1.67. The average molecular weight is 194 g/mol. The van der Waals surface area contributed by atoms with E-state index in [9.17, 15) is 15.0 Å². The highest BCUT2D eigenvalue weighted by molar-refractivity contribution is 5.86. The number of phenolic OH excluding ortho intramolecular Hbond substituents is 2. The molecule has 0 amide bonds. The van der Waals surface area contributed by atoms with Crippen LogP contribution >= 0.6 is 0 Å². The van der Waals surface area contributed by atoms with E-state index in [4.69, 9.17) is 5.11 Å². The van der Waals surface area contributed by atoms with Crippen molar-refractivity contribution in [3.05, 3.63) is 29.3 Å². The molecule has 0 saturated carbocycles. The second kappa shape index (κ2) is 3.83. The van der Waals surface area contributed by atoms with Crippen LogP contribution in [0.15, 0.2) is 18.2 Å². The van der Waals surface area contributed by atoms with E-state index in [-0.39, 0.29) is 17.1 Å². The van der Waals surface area contributed by atoms with Crippen LogP contribution in [0.25, 0.3) is 6.08 Å². The molecule has 4 heteroatoms. The van der Waals surface area contributed by atoms with Crippen molar-refractivity contribution in [2.45, 2.75) is 6.92 Å². The van der Waals surface area contributed by atoms with Crippen LogP contribution in [0.2, 0.25) is 0 Å². The highest BCUT2D eigenvalue weighted by atomic mass is 16.4. The molecule has 0 radical (unpaired) electrons. The molecule has 1 aromatic carbocycles. The predicted molar refractivity (Wildman–Crippen MR) is 51.2 cm³/mol. The Balaban J connectivity index is 3.15. The minimum atomic E-state index is -1.13. The minimum absolute atomic E-state index is 0.109. The van der Waals surface area contributed by atoms with Crippen LogP contribution in [0.5, 0.6) is 11.5 Å². The van der Waals surface area contributed by atoms with Crippen LogP contribution in [0.4, 0.5) is 0 Å². The van der Waals surface area contributed by atoms with Gasteiger partial charge in [-0.05, 0) is 30.7 Å². The smallest absolute Gasteiger partial charge is 0.328 e.